The molecule has 5 nitrogen and oxygen atoms in total. The summed E-state index contributed by atoms with van der Waals surface area (Å²) in [6, 6.07) is 0. The number of piperidine rings is 1. The van der Waals surface area contributed by atoms with Crippen molar-refractivity contribution in [1.82, 2.24) is 4.90 Å². The molecule has 4 aliphatic rings. The maximum Gasteiger partial charge on any atom is 0.314 e. The second-order valence-electron chi connectivity index (χ2n) is 8.81. The normalized spacial score (nSPS) is 42.2. The Labute approximate surface area is 149 Å². The van der Waals surface area contributed by atoms with E-state index in [1.54, 1.807) is 0 Å². The lowest BCUT2D eigenvalue weighted by Crippen LogP contribution is -2.55. The van der Waals surface area contributed by atoms with Gasteiger partial charge in [0.15, 0.2) is 6.10 Å². The largest absolute Gasteiger partial charge is 0.454 e. The monoisotopic (exact) mass is 347 g/mol. The van der Waals surface area contributed by atoms with Gasteiger partial charge in [0, 0.05) is 32.5 Å². The summed E-state index contributed by atoms with van der Waals surface area (Å²) in [4.78, 5) is 26.3. The quantitative estimate of drug-likeness (QED) is 0.613. The first-order valence-electron chi connectivity index (χ1n) is 9.70. The van der Waals surface area contributed by atoms with E-state index in [0.717, 1.165) is 19.3 Å². The third-order valence-electron chi connectivity index (χ3n) is 7.16. The zero-order chi connectivity index (χ0) is 17.8. The first-order chi connectivity index (χ1) is 11.8. The zero-order valence-corrected chi connectivity index (χ0v) is 15.3. The molecule has 0 amide bonds. The highest BCUT2D eigenvalue weighted by molar-refractivity contribution is 5.80. The van der Waals surface area contributed by atoms with Crippen molar-refractivity contribution in [3.63, 3.8) is 0 Å². The lowest BCUT2D eigenvalue weighted by atomic mass is 9.58. The molecular formula is C20H29NO4. The van der Waals surface area contributed by atoms with Crippen LogP contribution in [0.5, 0.6) is 0 Å². The number of ether oxygens (including phenoxy) is 1. The van der Waals surface area contributed by atoms with Gasteiger partial charge in [0.05, 0.1) is 0 Å². The van der Waals surface area contributed by atoms with E-state index in [-0.39, 0.29) is 11.4 Å². The predicted molar refractivity (Wildman–Crippen MR) is 92.9 cm³/mol. The number of carbonyl (C=O) groups excluding carboxylic acids is 2. The summed E-state index contributed by atoms with van der Waals surface area (Å²) < 4.78 is 5.81. The van der Waals surface area contributed by atoms with Gasteiger partial charge >= 0.3 is 5.97 Å². The highest BCUT2D eigenvalue weighted by Gasteiger charge is 2.63. The third-order valence-corrected chi connectivity index (χ3v) is 7.16. The number of ketones is 1. The van der Waals surface area contributed by atoms with Gasteiger partial charge in [-0.3, -0.25) is 9.59 Å². The van der Waals surface area contributed by atoms with Crippen molar-refractivity contribution < 1.29 is 19.4 Å². The molecule has 4 rings (SSSR count). The maximum absolute atomic E-state index is 12.7. The van der Waals surface area contributed by atoms with Crippen LogP contribution in [0.4, 0.5) is 0 Å². The second-order valence-corrected chi connectivity index (χ2v) is 8.81. The van der Waals surface area contributed by atoms with Gasteiger partial charge in [-0.1, -0.05) is 12.5 Å². The Morgan fingerprint density at radius 1 is 1.16 bits per heavy atom. The van der Waals surface area contributed by atoms with E-state index >= 15 is 0 Å². The second kappa shape index (κ2) is 5.92. The molecule has 1 N–H and O–H groups in total. The van der Waals surface area contributed by atoms with Gasteiger partial charge in [0.1, 0.15) is 17.3 Å². The Morgan fingerprint density at radius 2 is 1.88 bits per heavy atom. The molecule has 0 radical (unpaired) electrons. The van der Waals surface area contributed by atoms with E-state index in [1.165, 1.54) is 17.6 Å². The average molecular weight is 347 g/mol. The fourth-order valence-electron chi connectivity index (χ4n) is 5.58. The molecular weight excluding hydrogens is 318 g/mol. The van der Waals surface area contributed by atoms with Gasteiger partial charge in [0.25, 0.3) is 0 Å². The van der Waals surface area contributed by atoms with Gasteiger partial charge in [-0.15, -0.1) is 0 Å². The topological polar surface area (TPSA) is 66.8 Å². The third kappa shape index (κ3) is 2.67. The molecule has 2 heterocycles. The number of aliphatic hydroxyl groups is 1. The number of nitrogens with zero attached hydrogens (tertiary/aromatic N) is 1. The summed E-state index contributed by atoms with van der Waals surface area (Å²) >= 11 is 0. The lowest BCUT2D eigenvalue weighted by Gasteiger charge is -2.49. The lowest BCUT2D eigenvalue weighted by molar-refractivity contribution is -0.144. The highest BCUT2D eigenvalue weighted by Crippen LogP contribution is 2.57. The minimum Gasteiger partial charge on any atom is -0.454 e. The Morgan fingerprint density at radius 3 is 2.60 bits per heavy atom. The SMILES string of the molecule is CC1=C2[C@@H]3OC(=O)C(CN4CCC(=O)CC4)C3(O)CC[C@@]2(C)CCC1. The van der Waals surface area contributed by atoms with Crippen molar-refractivity contribution in [2.75, 3.05) is 19.6 Å². The molecule has 0 aromatic rings. The smallest absolute Gasteiger partial charge is 0.314 e. The molecule has 2 saturated heterocycles. The predicted octanol–water partition coefficient (Wildman–Crippen LogP) is 2.22. The Balaban J connectivity index is 1.60. The molecule has 0 bridgehead atoms. The number of esters is 1. The molecule has 138 valence electrons. The molecule has 1 saturated carbocycles. The van der Waals surface area contributed by atoms with Crippen LogP contribution >= 0.6 is 0 Å². The van der Waals surface area contributed by atoms with Crippen LogP contribution in [0, 0.1) is 11.3 Å². The summed E-state index contributed by atoms with van der Waals surface area (Å²) in [6.07, 6.45) is 5.48. The van der Waals surface area contributed by atoms with E-state index in [4.69, 9.17) is 4.74 Å². The van der Waals surface area contributed by atoms with Crippen LogP contribution in [-0.2, 0) is 14.3 Å². The molecule has 0 aromatic heterocycles. The molecule has 25 heavy (non-hydrogen) atoms. The van der Waals surface area contributed by atoms with Crippen LogP contribution in [0.3, 0.4) is 0 Å². The summed E-state index contributed by atoms with van der Waals surface area (Å²) in [7, 11) is 0. The molecule has 4 atom stereocenters. The van der Waals surface area contributed by atoms with Crippen molar-refractivity contribution >= 4 is 11.8 Å². The zero-order valence-electron chi connectivity index (χ0n) is 15.3. The van der Waals surface area contributed by atoms with E-state index in [9.17, 15) is 14.7 Å². The van der Waals surface area contributed by atoms with E-state index < -0.39 is 17.6 Å². The number of Topliss-reactive ketones (excluding diaryl/α,β-unsaturated/α-hetero) is 1. The molecule has 2 aliphatic heterocycles. The minimum atomic E-state index is -1.09. The van der Waals surface area contributed by atoms with Crippen LogP contribution in [0.1, 0.15) is 58.8 Å². The Kier molecular flexibility index (Phi) is 4.08. The van der Waals surface area contributed by atoms with Crippen molar-refractivity contribution in [3.8, 4) is 0 Å². The van der Waals surface area contributed by atoms with Gasteiger partial charge in [0.2, 0.25) is 0 Å². The molecule has 0 spiro atoms. The number of likely N-dealkylation sites (tertiary alicyclic amines) is 1. The summed E-state index contributed by atoms with van der Waals surface area (Å²) in [5.74, 6) is -0.477. The molecule has 2 unspecified atom stereocenters. The number of hydrogen-bond donors (Lipinski definition) is 1. The fraction of sp³-hybridized carbons (Fsp3) is 0.800. The van der Waals surface area contributed by atoms with E-state index in [1.807, 2.05) is 0 Å². The highest BCUT2D eigenvalue weighted by atomic mass is 16.6. The van der Waals surface area contributed by atoms with Crippen molar-refractivity contribution in [2.45, 2.75) is 70.5 Å². The number of hydrogen-bond acceptors (Lipinski definition) is 5. The van der Waals surface area contributed by atoms with E-state index in [0.29, 0.717) is 44.7 Å². The first kappa shape index (κ1) is 17.2. The molecule has 5 heteroatoms. The first-order valence-corrected chi connectivity index (χ1v) is 9.70. The van der Waals surface area contributed by atoms with Crippen molar-refractivity contribution in [3.05, 3.63) is 11.1 Å². The number of carbonyl (C=O) groups is 2. The number of fused-ring (bicyclic) bond motifs is 3. The Bertz CT molecular complexity index is 632. The van der Waals surface area contributed by atoms with Crippen LogP contribution < -0.4 is 0 Å². The summed E-state index contributed by atoms with van der Waals surface area (Å²) in [6.45, 7) is 6.27. The minimum absolute atomic E-state index is 0.0615. The summed E-state index contributed by atoms with van der Waals surface area (Å²) in [5, 5.41) is 11.5. The molecule has 0 aromatic carbocycles. The number of allylic oxidation sites excluding steroid dienone is 1. The van der Waals surface area contributed by atoms with Gasteiger partial charge in [-0.25, -0.2) is 0 Å². The average Bonchev–Trinajstić information content (AvgIpc) is 2.81. The van der Waals surface area contributed by atoms with Crippen molar-refractivity contribution in [1.29, 1.82) is 0 Å². The fourth-order valence-corrected chi connectivity index (χ4v) is 5.58. The number of rotatable bonds is 2. The van der Waals surface area contributed by atoms with Gasteiger partial charge in [-0.2, -0.15) is 0 Å². The van der Waals surface area contributed by atoms with Gasteiger partial charge in [-0.05, 0) is 50.0 Å². The van der Waals surface area contributed by atoms with Crippen LogP contribution in [-0.4, -0.2) is 53.1 Å². The van der Waals surface area contributed by atoms with Gasteiger partial charge < -0.3 is 14.7 Å². The maximum atomic E-state index is 12.7. The van der Waals surface area contributed by atoms with E-state index in [2.05, 4.69) is 18.7 Å². The van der Waals surface area contributed by atoms with Crippen LogP contribution in [0.25, 0.3) is 0 Å². The summed E-state index contributed by atoms with van der Waals surface area (Å²) in [5.41, 5.74) is 1.46. The standard InChI is InChI=1S/C20H29NO4/c1-13-4-3-7-19(2)8-9-20(24)15(18(23)25-17(20)16(13)19)12-21-10-5-14(22)6-11-21/h15,17,24H,3-12H2,1-2H3/t15?,17-,19+,20?/m0/s1. The van der Waals surface area contributed by atoms with Crippen LogP contribution in [0.2, 0.25) is 0 Å². The molecule has 3 fully saturated rings. The Hall–Kier alpha value is -1.20. The molecule has 2 aliphatic carbocycles. The van der Waals surface area contributed by atoms with Crippen molar-refractivity contribution in [2.24, 2.45) is 11.3 Å². The van der Waals surface area contributed by atoms with Crippen LogP contribution in [0.15, 0.2) is 11.1 Å².